The van der Waals surface area contributed by atoms with Crippen molar-refractivity contribution in [2.24, 2.45) is 0 Å². The standard InChI is InChI=1S/C21H22F2N2O7S/c1-14-5-6-17(33(28,29)25-7-9-30-10-8-25)12-18(14)24-19(26)13-31-20(27)15-3-2-4-16(11-15)32-21(22)23/h2-6,11-12,21H,7-10,13H2,1H3,(H,24,26). The van der Waals surface area contributed by atoms with E-state index in [1.165, 1.54) is 34.6 Å². The highest BCUT2D eigenvalue weighted by Gasteiger charge is 2.27. The minimum Gasteiger partial charge on any atom is -0.452 e. The maximum absolute atomic E-state index is 12.8. The molecule has 178 valence electrons. The van der Waals surface area contributed by atoms with Crippen LogP contribution in [0.4, 0.5) is 14.5 Å². The Balaban J connectivity index is 1.63. The molecule has 2 aromatic rings. The van der Waals surface area contributed by atoms with Gasteiger partial charge in [-0.15, -0.1) is 0 Å². The summed E-state index contributed by atoms with van der Waals surface area (Å²) in [6, 6.07) is 9.31. The molecule has 1 saturated heterocycles. The molecule has 0 atom stereocenters. The average Bonchev–Trinajstić information content (AvgIpc) is 2.79. The van der Waals surface area contributed by atoms with Gasteiger partial charge in [0.15, 0.2) is 6.61 Å². The number of sulfonamides is 1. The van der Waals surface area contributed by atoms with Crippen LogP contribution in [0.1, 0.15) is 15.9 Å². The summed E-state index contributed by atoms with van der Waals surface area (Å²) >= 11 is 0. The summed E-state index contributed by atoms with van der Waals surface area (Å²) in [5.41, 5.74) is 0.779. The van der Waals surface area contributed by atoms with Crippen LogP contribution in [0.25, 0.3) is 0 Å². The third-order valence-corrected chi connectivity index (χ3v) is 6.61. The molecule has 9 nitrogen and oxygen atoms in total. The van der Waals surface area contributed by atoms with Crippen molar-refractivity contribution >= 4 is 27.6 Å². The normalized spacial score (nSPS) is 14.7. The largest absolute Gasteiger partial charge is 0.452 e. The van der Waals surface area contributed by atoms with Crippen molar-refractivity contribution < 1.29 is 41.0 Å². The molecule has 1 fully saturated rings. The van der Waals surface area contributed by atoms with Gasteiger partial charge in [0, 0.05) is 18.8 Å². The summed E-state index contributed by atoms with van der Waals surface area (Å²) in [5.74, 6) is -1.84. The number of benzene rings is 2. The number of ether oxygens (including phenoxy) is 3. The maximum Gasteiger partial charge on any atom is 0.387 e. The van der Waals surface area contributed by atoms with Crippen LogP contribution < -0.4 is 10.1 Å². The van der Waals surface area contributed by atoms with Gasteiger partial charge < -0.3 is 19.5 Å². The van der Waals surface area contributed by atoms with Crippen LogP contribution in [0.5, 0.6) is 5.75 Å². The Morgan fingerprint density at radius 1 is 1.15 bits per heavy atom. The second-order valence-corrected chi connectivity index (χ2v) is 8.96. The quantitative estimate of drug-likeness (QED) is 0.573. The number of nitrogens with one attached hydrogen (secondary N) is 1. The Morgan fingerprint density at radius 2 is 1.88 bits per heavy atom. The van der Waals surface area contributed by atoms with Crippen molar-refractivity contribution in [3.05, 3.63) is 53.6 Å². The molecule has 0 radical (unpaired) electrons. The minimum atomic E-state index is -3.76. The maximum atomic E-state index is 12.8. The zero-order chi connectivity index (χ0) is 24.0. The minimum absolute atomic E-state index is 0.0122. The molecule has 1 heterocycles. The Bertz CT molecular complexity index is 1120. The molecule has 3 rings (SSSR count). The molecular weight excluding hydrogens is 462 g/mol. The zero-order valence-corrected chi connectivity index (χ0v) is 18.4. The van der Waals surface area contributed by atoms with Gasteiger partial charge in [0.05, 0.1) is 23.7 Å². The fourth-order valence-electron chi connectivity index (χ4n) is 3.03. The number of rotatable bonds is 8. The van der Waals surface area contributed by atoms with Gasteiger partial charge in [-0.1, -0.05) is 12.1 Å². The van der Waals surface area contributed by atoms with Gasteiger partial charge in [0.1, 0.15) is 5.75 Å². The Kier molecular flexibility index (Phi) is 7.95. The number of morpholine rings is 1. The van der Waals surface area contributed by atoms with E-state index in [1.54, 1.807) is 13.0 Å². The van der Waals surface area contributed by atoms with Crippen LogP contribution in [-0.4, -0.2) is 64.1 Å². The smallest absolute Gasteiger partial charge is 0.387 e. The summed E-state index contributed by atoms with van der Waals surface area (Å²) in [6.45, 7) is -0.962. The fraction of sp³-hybridized carbons (Fsp3) is 0.333. The second-order valence-electron chi connectivity index (χ2n) is 7.02. The lowest BCUT2D eigenvalue weighted by Gasteiger charge is -2.26. The van der Waals surface area contributed by atoms with Crippen molar-refractivity contribution in [3.63, 3.8) is 0 Å². The summed E-state index contributed by atoms with van der Waals surface area (Å²) in [7, 11) is -3.76. The number of carbonyl (C=O) groups excluding carboxylic acids is 2. The van der Waals surface area contributed by atoms with E-state index in [0.717, 1.165) is 6.07 Å². The van der Waals surface area contributed by atoms with Crippen LogP contribution in [0, 0.1) is 6.92 Å². The Labute approximate surface area is 189 Å². The van der Waals surface area contributed by atoms with Crippen LogP contribution >= 0.6 is 0 Å². The number of nitrogens with zero attached hydrogens (tertiary/aromatic N) is 1. The van der Waals surface area contributed by atoms with Gasteiger partial charge in [0.2, 0.25) is 10.0 Å². The summed E-state index contributed by atoms with van der Waals surface area (Å²) < 4.78 is 65.9. The first kappa shape index (κ1) is 24.6. The predicted molar refractivity (Wildman–Crippen MR) is 113 cm³/mol. The van der Waals surface area contributed by atoms with E-state index in [4.69, 9.17) is 9.47 Å². The highest BCUT2D eigenvalue weighted by atomic mass is 32.2. The molecule has 0 aliphatic carbocycles. The lowest BCUT2D eigenvalue weighted by atomic mass is 10.2. The number of anilines is 1. The molecule has 1 aliphatic rings. The molecule has 12 heteroatoms. The molecule has 1 aliphatic heterocycles. The summed E-state index contributed by atoms with van der Waals surface area (Å²) in [6.07, 6.45) is 0. The highest BCUT2D eigenvalue weighted by Crippen LogP contribution is 2.24. The molecule has 0 unspecified atom stereocenters. The molecule has 2 aromatic carbocycles. The number of hydrogen-bond donors (Lipinski definition) is 1. The van der Waals surface area contributed by atoms with Crippen molar-refractivity contribution in [2.75, 3.05) is 38.2 Å². The lowest BCUT2D eigenvalue weighted by molar-refractivity contribution is -0.119. The number of amides is 1. The van der Waals surface area contributed by atoms with Gasteiger partial charge in [-0.25, -0.2) is 13.2 Å². The number of alkyl halides is 2. The Morgan fingerprint density at radius 3 is 2.58 bits per heavy atom. The third kappa shape index (κ3) is 6.46. The van der Waals surface area contributed by atoms with Crippen LogP contribution in [0.2, 0.25) is 0 Å². The third-order valence-electron chi connectivity index (χ3n) is 4.72. The number of carbonyl (C=O) groups is 2. The first-order valence-electron chi connectivity index (χ1n) is 9.87. The van der Waals surface area contributed by atoms with Crippen LogP contribution in [0.15, 0.2) is 47.4 Å². The topological polar surface area (TPSA) is 111 Å². The molecule has 0 saturated carbocycles. The van der Waals surface area contributed by atoms with Crippen LogP contribution in [0.3, 0.4) is 0 Å². The molecule has 33 heavy (non-hydrogen) atoms. The number of halogens is 2. The molecule has 0 aromatic heterocycles. The van der Waals surface area contributed by atoms with Gasteiger partial charge in [-0.2, -0.15) is 13.1 Å². The molecule has 0 spiro atoms. The van der Waals surface area contributed by atoms with E-state index in [9.17, 15) is 26.8 Å². The Hall–Kier alpha value is -3.09. The lowest BCUT2D eigenvalue weighted by Crippen LogP contribution is -2.40. The summed E-state index contributed by atoms with van der Waals surface area (Å²) in [5, 5.41) is 2.52. The first-order valence-corrected chi connectivity index (χ1v) is 11.3. The van der Waals surface area contributed by atoms with Crippen molar-refractivity contribution in [2.45, 2.75) is 18.4 Å². The van der Waals surface area contributed by atoms with Gasteiger partial charge >= 0.3 is 12.6 Å². The van der Waals surface area contributed by atoms with Crippen molar-refractivity contribution in [3.8, 4) is 5.75 Å². The van der Waals surface area contributed by atoms with E-state index >= 15 is 0 Å². The molecule has 0 bridgehead atoms. The fourth-order valence-corrected chi connectivity index (χ4v) is 4.47. The van der Waals surface area contributed by atoms with Gasteiger partial charge in [0.25, 0.3) is 5.91 Å². The number of esters is 1. The van der Waals surface area contributed by atoms with E-state index in [-0.39, 0.29) is 35.0 Å². The van der Waals surface area contributed by atoms with Gasteiger partial charge in [-0.05, 0) is 42.8 Å². The van der Waals surface area contributed by atoms with Crippen LogP contribution in [-0.2, 0) is 24.3 Å². The average molecular weight is 484 g/mol. The van der Waals surface area contributed by atoms with E-state index < -0.39 is 35.1 Å². The predicted octanol–water partition coefficient (Wildman–Crippen LogP) is 2.41. The van der Waals surface area contributed by atoms with E-state index in [0.29, 0.717) is 18.8 Å². The van der Waals surface area contributed by atoms with Crippen molar-refractivity contribution in [1.82, 2.24) is 4.31 Å². The molecular formula is C21H22F2N2O7S. The van der Waals surface area contributed by atoms with E-state index in [2.05, 4.69) is 10.1 Å². The van der Waals surface area contributed by atoms with Crippen molar-refractivity contribution in [1.29, 1.82) is 0 Å². The second kappa shape index (κ2) is 10.7. The SMILES string of the molecule is Cc1ccc(S(=O)(=O)N2CCOCC2)cc1NC(=O)COC(=O)c1cccc(OC(F)F)c1. The monoisotopic (exact) mass is 484 g/mol. The zero-order valence-electron chi connectivity index (χ0n) is 17.6. The van der Waals surface area contributed by atoms with Gasteiger partial charge in [-0.3, -0.25) is 4.79 Å². The number of hydrogen-bond acceptors (Lipinski definition) is 7. The summed E-state index contributed by atoms with van der Waals surface area (Å²) in [4.78, 5) is 24.4. The molecule has 1 N–H and O–H groups in total. The number of aryl methyl sites for hydroxylation is 1. The van der Waals surface area contributed by atoms with E-state index in [1.807, 2.05) is 0 Å². The molecule has 1 amide bonds. The highest BCUT2D eigenvalue weighted by molar-refractivity contribution is 7.89. The first-order chi connectivity index (χ1) is 15.7.